The molecule has 0 radical (unpaired) electrons. The van der Waals surface area contributed by atoms with Gasteiger partial charge in [0.1, 0.15) is 17.3 Å². The van der Waals surface area contributed by atoms with Crippen molar-refractivity contribution >= 4 is 0 Å². The highest BCUT2D eigenvalue weighted by Crippen LogP contribution is 2.26. The standard InChI is InChI=1S/C14H12N4O2/c1-8-3-4-10(7-12(8)19)14-17-13(18-20-14)11-5-6-15-9(2)16-11/h3-7,19H,1-2H3. The lowest BCUT2D eigenvalue weighted by molar-refractivity contribution is 0.431. The van der Waals surface area contributed by atoms with Crippen molar-refractivity contribution in [2.45, 2.75) is 13.8 Å². The smallest absolute Gasteiger partial charge is 0.258 e. The van der Waals surface area contributed by atoms with E-state index in [1.54, 1.807) is 31.3 Å². The van der Waals surface area contributed by atoms with Gasteiger partial charge in [-0.2, -0.15) is 4.98 Å². The van der Waals surface area contributed by atoms with Crippen molar-refractivity contribution in [3.63, 3.8) is 0 Å². The lowest BCUT2D eigenvalue weighted by atomic mass is 10.1. The normalized spacial score (nSPS) is 10.7. The molecule has 20 heavy (non-hydrogen) atoms. The van der Waals surface area contributed by atoms with Crippen molar-refractivity contribution in [2.24, 2.45) is 0 Å². The fraction of sp³-hybridized carbons (Fsp3) is 0.143. The van der Waals surface area contributed by atoms with Crippen molar-refractivity contribution in [1.29, 1.82) is 0 Å². The molecule has 3 rings (SSSR count). The predicted molar refractivity (Wildman–Crippen MR) is 71.9 cm³/mol. The van der Waals surface area contributed by atoms with Gasteiger partial charge in [0.05, 0.1) is 0 Å². The van der Waals surface area contributed by atoms with Crippen LogP contribution in [0.2, 0.25) is 0 Å². The number of hydrogen-bond acceptors (Lipinski definition) is 6. The van der Waals surface area contributed by atoms with E-state index in [2.05, 4.69) is 20.1 Å². The Kier molecular flexibility index (Phi) is 2.90. The predicted octanol–water partition coefficient (Wildman–Crippen LogP) is 2.52. The molecule has 100 valence electrons. The minimum Gasteiger partial charge on any atom is -0.508 e. The second kappa shape index (κ2) is 4.73. The van der Waals surface area contributed by atoms with Gasteiger partial charge in [-0.15, -0.1) is 0 Å². The van der Waals surface area contributed by atoms with E-state index in [9.17, 15) is 5.11 Å². The average molecular weight is 268 g/mol. The molecule has 0 aliphatic rings. The van der Waals surface area contributed by atoms with Gasteiger partial charge in [-0.05, 0) is 37.6 Å². The van der Waals surface area contributed by atoms with Crippen LogP contribution in [0.25, 0.3) is 23.0 Å². The van der Waals surface area contributed by atoms with Crippen LogP contribution in [0.5, 0.6) is 5.75 Å². The summed E-state index contributed by atoms with van der Waals surface area (Å²) < 4.78 is 5.21. The Bertz CT molecular complexity index is 767. The zero-order valence-electron chi connectivity index (χ0n) is 11.0. The van der Waals surface area contributed by atoms with Crippen LogP contribution >= 0.6 is 0 Å². The molecule has 6 heteroatoms. The summed E-state index contributed by atoms with van der Waals surface area (Å²) in [6.07, 6.45) is 1.64. The highest BCUT2D eigenvalue weighted by Gasteiger charge is 2.12. The first-order chi connectivity index (χ1) is 9.63. The SMILES string of the molecule is Cc1nccc(-c2noc(-c3ccc(C)c(O)c3)n2)n1. The molecule has 0 spiro atoms. The van der Waals surface area contributed by atoms with Crippen molar-refractivity contribution in [1.82, 2.24) is 20.1 Å². The van der Waals surface area contributed by atoms with E-state index in [1.807, 2.05) is 13.0 Å². The van der Waals surface area contributed by atoms with Crippen LogP contribution in [-0.2, 0) is 0 Å². The van der Waals surface area contributed by atoms with Gasteiger partial charge in [-0.3, -0.25) is 0 Å². The van der Waals surface area contributed by atoms with Gasteiger partial charge in [0, 0.05) is 11.8 Å². The van der Waals surface area contributed by atoms with Gasteiger partial charge in [0.25, 0.3) is 5.89 Å². The van der Waals surface area contributed by atoms with Crippen LogP contribution in [0.4, 0.5) is 0 Å². The summed E-state index contributed by atoms with van der Waals surface area (Å²) >= 11 is 0. The number of phenols is 1. The summed E-state index contributed by atoms with van der Waals surface area (Å²) in [5, 5.41) is 13.6. The molecule has 6 nitrogen and oxygen atoms in total. The number of aromatic hydroxyl groups is 1. The molecule has 1 N–H and O–H groups in total. The first-order valence-corrected chi connectivity index (χ1v) is 6.07. The van der Waals surface area contributed by atoms with E-state index < -0.39 is 0 Å². The molecule has 0 saturated heterocycles. The van der Waals surface area contributed by atoms with Gasteiger partial charge in [-0.25, -0.2) is 9.97 Å². The first-order valence-electron chi connectivity index (χ1n) is 6.07. The number of hydrogen-bond donors (Lipinski definition) is 1. The maximum atomic E-state index is 9.71. The van der Waals surface area contributed by atoms with E-state index in [0.29, 0.717) is 28.8 Å². The van der Waals surface area contributed by atoms with E-state index >= 15 is 0 Å². The third-order valence-electron chi connectivity index (χ3n) is 2.89. The number of phenolic OH excluding ortho intramolecular Hbond substituents is 1. The number of benzene rings is 1. The fourth-order valence-corrected chi connectivity index (χ4v) is 1.77. The van der Waals surface area contributed by atoms with Crippen molar-refractivity contribution in [3.8, 4) is 28.7 Å². The van der Waals surface area contributed by atoms with E-state index in [1.165, 1.54) is 0 Å². The molecule has 0 fully saturated rings. The Morgan fingerprint density at radius 3 is 2.70 bits per heavy atom. The minimum absolute atomic E-state index is 0.195. The van der Waals surface area contributed by atoms with Gasteiger partial charge in [0.2, 0.25) is 5.82 Å². The molecule has 0 amide bonds. The molecule has 1 aromatic carbocycles. The summed E-state index contributed by atoms with van der Waals surface area (Å²) in [4.78, 5) is 12.5. The van der Waals surface area contributed by atoms with Crippen LogP contribution in [-0.4, -0.2) is 25.2 Å². The average Bonchev–Trinajstić information content (AvgIpc) is 2.92. The summed E-state index contributed by atoms with van der Waals surface area (Å²) in [6.45, 7) is 3.62. The Morgan fingerprint density at radius 2 is 1.95 bits per heavy atom. The molecule has 3 aromatic rings. The molecule has 0 unspecified atom stereocenters. The first kappa shape index (κ1) is 12.3. The van der Waals surface area contributed by atoms with Crippen LogP contribution < -0.4 is 0 Å². The molecule has 0 aliphatic carbocycles. The summed E-state index contributed by atoms with van der Waals surface area (Å²) in [6, 6.07) is 6.92. The Labute approximate surface area is 115 Å². The number of rotatable bonds is 2. The summed E-state index contributed by atoms with van der Waals surface area (Å²) in [5.41, 5.74) is 2.06. The van der Waals surface area contributed by atoms with Gasteiger partial charge < -0.3 is 9.63 Å². The number of aromatic nitrogens is 4. The molecule has 0 bridgehead atoms. The topological polar surface area (TPSA) is 84.9 Å². The second-order valence-electron chi connectivity index (χ2n) is 4.41. The molecular formula is C14H12N4O2. The zero-order valence-corrected chi connectivity index (χ0v) is 11.0. The van der Waals surface area contributed by atoms with Crippen molar-refractivity contribution in [3.05, 3.63) is 41.9 Å². The van der Waals surface area contributed by atoms with Gasteiger partial charge in [-0.1, -0.05) is 11.2 Å². The fourth-order valence-electron chi connectivity index (χ4n) is 1.77. The molecule has 0 atom stereocenters. The van der Waals surface area contributed by atoms with Crippen LogP contribution in [0.15, 0.2) is 35.0 Å². The highest BCUT2D eigenvalue weighted by molar-refractivity contribution is 5.60. The molecule has 0 aliphatic heterocycles. The quantitative estimate of drug-likeness (QED) is 0.768. The van der Waals surface area contributed by atoms with Crippen molar-refractivity contribution in [2.75, 3.05) is 0 Å². The molecule has 2 aromatic heterocycles. The largest absolute Gasteiger partial charge is 0.508 e. The van der Waals surface area contributed by atoms with E-state index in [-0.39, 0.29) is 5.75 Å². The lowest BCUT2D eigenvalue weighted by Gasteiger charge is -1.99. The van der Waals surface area contributed by atoms with Crippen LogP contribution in [0, 0.1) is 13.8 Å². The van der Waals surface area contributed by atoms with Crippen LogP contribution in [0.1, 0.15) is 11.4 Å². The van der Waals surface area contributed by atoms with Crippen molar-refractivity contribution < 1.29 is 9.63 Å². The molecule has 2 heterocycles. The van der Waals surface area contributed by atoms with Gasteiger partial charge in [0.15, 0.2) is 0 Å². The summed E-state index contributed by atoms with van der Waals surface area (Å²) in [5.74, 6) is 1.57. The Hall–Kier alpha value is -2.76. The maximum absolute atomic E-state index is 9.71. The Balaban J connectivity index is 1.99. The zero-order chi connectivity index (χ0) is 14.1. The van der Waals surface area contributed by atoms with Gasteiger partial charge >= 0.3 is 0 Å². The maximum Gasteiger partial charge on any atom is 0.258 e. The third-order valence-corrected chi connectivity index (χ3v) is 2.89. The number of nitrogens with zero attached hydrogens (tertiary/aromatic N) is 4. The third kappa shape index (κ3) is 2.23. The summed E-state index contributed by atoms with van der Waals surface area (Å²) in [7, 11) is 0. The van der Waals surface area contributed by atoms with E-state index in [0.717, 1.165) is 5.56 Å². The second-order valence-corrected chi connectivity index (χ2v) is 4.41. The molecular weight excluding hydrogens is 256 g/mol. The lowest BCUT2D eigenvalue weighted by Crippen LogP contribution is -1.91. The van der Waals surface area contributed by atoms with E-state index in [4.69, 9.17) is 4.52 Å². The Morgan fingerprint density at radius 1 is 1.10 bits per heavy atom. The van der Waals surface area contributed by atoms with Crippen LogP contribution in [0.3, 0.4) is 0 Å². The highest BCUT2D eigenvalue weighted by atomic mass is 16.5. The minimum atomic E-state index is 0.195. The monoisotopic (exact) mass is 268 g/mol. The molecule has 0 saturated carbocycles. The number of aryl methyl sites for hydroxylation is 2.